The van der Waals surface area contributed by atoms with Crippen LogP contribution in [0, 0.1) is 0 Å². The van der Waals surface area contributed by atoms with Gasteiger partial charge in [-0.15, -0.1) is 0 Å². The zero-order valence-electron chi connectivity index (χ0n) is 10.7. The summed E-state index contributed by atoms with van der Waals surface area (Å²) in [5, 5.41) is 0. The number of ketones is 1. The van der Waals surface area contributed by atoms with E-state index in [2.05, 4.69) is 24.8 Å². The van der Waals surface area contributed by atoms with Gasteiger partial charge >= 0.3 is 0 Å². The van der Waals surface area contributed by atoms with Crippen LogP contribution in [0.1, 0.15) is 26.7 Å². The fourth-order valence-corrected chi connectivity index (χ4v) is 2.50. The number of hydrogen-bond donors (Lipinski definition) is 0. The van der Waals surface area contributed by atoms with Gasteiger partial charge in [-0.3, -0.25) is 4.79 Å². The fraction of sp³-hybridized carbons (Fsp3) is 0.500. The highest BCUT2D eigenvalue weighted by Crippen LogP contribution is 2.36. The summed E-state index contributed by atoms with van der Waals surface area (Å²) in [6, 6.07) is 7.98. The largest absolute Gasteiger partial charge is 0.495 e. The number of hydrogen-bond acceptors (Lipinski definition) is 3. The Bertz CT molecular complexity index is 426. The molecular formula is C14H19NO2. The molecule has 92 valence electrons. The molecule has 0 atom stereocenters. The van der Waals surface area contributed by atoms with Gasteiger partial charge in [-0.1, -0.05) is 12.1 Å². The predicted molar refractivity (Wildman–Crippen MR) is 68.7 cm³/mol. The minimum Gasteiger partial charge on any atom is -0.495 e. The molecule has 2 rings (SSSR count). The summed E-state index contributed by atoms with van der Waals surface area (Å²) in [6.07, 6.45) is 1.23. The van der Waals surface area contributed by atoms with Crippen molar-refractivity contribution in [3.8, 4) is 5.75 Å². The van der Waals surface area contributed by atoms with E-state index in [9.17, 15) is 4.79 Å². The molecule has 1 saturated heterocycles. The fourth-order valence-electron chi connectivity index (χ4n) is 2.50. The van der Waals surface area contributed by atoms with E-state index < -0.39 is 0 Å². The van der Waals surface area contributed by atoms with Gasteiger partial charge in [-0.25, -0.2) is 0 Å². The number of anilines is 1. The summed E-state index contributed by atoms with van der Waals surface area (Å²) in [6.45, 7) is 4.99. The van der Waals surface area contributed by atoms with Crippen LogP contribution in [0.5, 0.6) is 5.75 Å². The molecule has 3 heteroatoms. The van der Waals surface area contributed by atoms with E-state index in [1.165, 1.54) is 0 Å². The molecule has 1 fully saturated rings. The standard InChI is InChI=1S/C14H19NO2/c1-14(2)10-11(16)8-9-15(14)12-6-4-5-7-13(12)17-3/h4-7H,8-10H2,1-3H3. The van der Waals surface area contributed by atoms with E-state index in [4.69, 9.17) is 4.74 Å². The van der Waals surface area contributed by atoms with Gasteiger partial charge in [0, 0.05) is 24.9 Å². The van der Waals surface area contributed by atoms with Gasteiger partial charge in [0.15, 0.2) is 0 Å². The van der Waals surface area contributed by atoms with Gasteiger partial charge in [-0.2, -0.15) is 0 Å². The summed E-state index contributed by atoms with van der Waals surface area (Å²) in [4.78, 5) is 13.8. The van der Waals surface area contributed by atoms with Crippen LogP contribution in [0.25, 0.3) is 0 Å². The second-order valence-electron chi connectivity index (χ2n) is 5.10. The molecule has 1 aliphatic heterocycles. The molecule has 3 nitrogen and oxygen atoms in total. The highest BCUT2D eigenvalue weighted by Gasteiger charge is 2.34. The summed E-state index contributed by atoms with van der Waals surface area (Å²) in [7, 11) is 1.68. The number of para-hydroxylation sites is 2. The Balaban J connectivity index is 2.35. The minimum absolute atomic E-state index is 0.135. The van der Waals surface area contributed by atoms with Crippen molar-refractivity contribution < 1.29 is 9.53 Å². The summed E-state index contributed by atoms with van der Waals surface area (Å²) in [5.41, 5.74) is 0.941. The molecular weight excluding hydrogens is 214 g/mol. The number of ether oxygens (including phenoxy) is 1. The van der Waals surface area contributed by atoms with Crippen molar-refractivity contribution in [1.82, 2.24) is 0 Å². The number of carbonyl (C=O) groups is 1. The van der Waals surface area contributed by atoms with Crippen LogP contribution in [0.3, 0.4) is 0 Å². The van der Waals surface area contributed by atoms with Crippen LogP contribution in [0.15, 0.2) is 24.3 Å². The molecule has 0 saturated carbocycles. The van der Waals surface area contributed by atoms with Crippen molar-refractivity contribution in [3.05, 3.63) is 24.3 Å². The van der Waals surface area contributed by atoms with Crippen molar-refractivity contribution in [1.29, 1.82) is 0 Å². The average Bonchev–Trinajstić information content (AvgIpc) is 2.28. The number of methoxy groups -OCH3 is 1. The lowest BCUT2D eigenvalue weighted by Gasteiger charge is -2.43. The maximum Gasteiger partial charge on any atom is 0.142 e. The SMILES string of the molecule is COc1ccccc1N1CCC(=O)CC1(C)C. The van der Waals surface area contributed by atoms with Gasteiger partial charge in [0.05, 0.1) is 12.8 Å². The maximum absolute atomic E-state index is 11.6. The molecule has 1 heterocycles. The predicted octanol–water partition coefficient (Wildman–Crippen LogP) is 2.64. The Morgan fingerprint density at radius 2 is 2.00 bits per heavy atom. The molecule has 0 unspecified atom stereocenters. The van der Waals surface area contributed by atoms with Gasteiger partial charge < -0.3 is 9.64 Å². The van der Waals surface area contributed by atoms with Crippen LogP contribution in [-0.4, -0.2) is 25.0 Å². The van der Waals surface area contributed by atoms with Crippen molar-refractivity contribution in [2.24, 2.45) is 0 Å². The number of rotatable bonds is 2. The molecule has 0 spiro atoms. The van der Waals surface area contributed by atoms with E-state index in [1.54, 1.807) is 7.11 Å². The van der Waals surface area contributed by atoms with E-state index in [1.807, 2.05) is 18.2 Å². The van der Waals surface area contributed by atoms with E-state index in [-0.39, 0.29) is 5.54 Å². The van der Waals surface area contributed by atoms with Crippen LogP contribution in [0.2, 0.25) is 0 Å². The van der Waals surface area contributed by atoms with Crippen molar-refractivity contribution in [2.45, 2.75) is 32.2 Å². The molecule has 0 N–H and O–H groups in total. The zero-order chi connectivity index (χ0) is 12.5. The van der Waals surface area contributed by atoms with Gasteiger partial charge in [0.25, 0.3) is 0 Å². The molecule has 0 aromatic heterocycles. The van der Waals surface area contributed by atoms with Gasteiger partial charge in [-0.05, 0) is 26.0 Å². The first-order valence-electron chi connectivity index (χ1n) is 5.97. The molecule has 1 aromatic rings. The lowest BCUT2D eigenvalue weighted by atomic mass is 9.89. The van der Waals surface area contributed by atoms with Crippen LogP contribution >= 0.6 is 0 Å². The lowest BCUT2D eigenvalue weighted by molar-refractivity contribution is -0.121. The Morgan fingerprint density at radius 3 is 2.65 bits per heavy atom. The van der Waals surface area contributed by atoms with Crippen LogP contribution < -0.4 is 9.64 Å². The Morgan fingerprint density at radius 1 is 1.29 bits per heavy atom. The second-order valence-corrected chi connectivity index (χ2v) is 5.10. The third-order valence-corrected chi connectivity index (χ3v) is 3.35. The summed E-state index contributed by atoms with van der Waals surface area (Å²) in [5.74, 6) is 1.22. The Hall–Kier alpha value is -1.51. The average molecular weight is 233 g/mol. The first kappa shape index (κ1) is 12.0. The molecule has 1 aromatic carbocycles. The van der Waals surface area contributed by atoms with Crippen molar-refractivity contribution in [3.63, 3.8) is 0 Å². The smallest absolute Gasteiger partial charge is 0.142 e. The number of piperidine rings is 1. The molecule has 0 bridgehead atoms. The third kappa shape index (κ3) is 2.28. The molecule has 0 amide bonds. The highest BCUT2D eigenvalue weighted by atomic mass is 16.5. The Kier molecular flexibility index (Phi) is 3.09. The third-order valence-electron chi connectivity index (χ3n) is 3.35. The maximum atomic E-state index is 11.6. The minimum atomic E-state index is -0.135. The van der Waals surface area contributed by atoms with E-state index in [0.29, 0.717) is 18.6 Å². The summed E-state index contributed by atoms with van der Waals surface area (Å²) < 4.78 is 5.39. The number of carbonyl (C=O) groups excluding carboxylic acids is 1. The quantitative estimate of drug-likeness (QED) is 0.786. The van der Waals surface area contributed by atoms with Gasteiger partial charge in [0.1, 0.15) is 11.5 Å². The van der Waals surface area contributed by atoms with Crippen LogP contribution in [0.4, 0.5) is 5.69 Å². The lowest BCUT2D eigenvalue weighted by Crippen LogP contribution is -2.50. The molecule has 1 aliphatic rings. The monoisotopic (exact) mass is 233 g/mol. The molecule has 0 radical (unpaired) electrons. The Labute approximate surface area is 102 Å². The summed E-state index contributed by atoms with van der Waals surface area (Å²) >= 11 is 0. The van der Waals surface area contributed by atoms with Crippen molar-refractivity contribution >= 4 is 11.5 Å². The molecule has 17 heavy (non-hydrogen) atoms. The van der Waals surface area contributed by atoms with E-state index in [0.717, 1.165) is 18.0 Å². The van der Waals surface area contributed by atoms with Crippen molar-refractivity contribution in [2.75, 3.05) is 18.6 Å². The zero-order valence-corrected chi connectivity index (χ0v) is 10.7. The second kappa shape index (κ2) is 4.40. The highest BCUT2D eigenvalue weighted by molar-refractivity contribution is 5.83. The van der Waals surface area contributed by atoms with Gasteiger partial charge in [0.2, 0.25) is 0 Å². The van der Waals surface area contributed by atoms with E-state index >= 15 is 0 Å². The first-order chi connectivity index (χ1) is 8.04. The normalized spacial score (nSPS) is 19.2. The number of nitrogens with zero attached hydrogens (tertiary/aromatic N) is 1. The van der Waals surface area contributed by atoms with Crippen LogP contribution in [-0.2, 0) is 4.79 Å². The number of Topliss-reactive ketones (excluding diaryl/α,β-unsaturated/α-hetero) is 1. The number of benzene rings is 1. The first-order valence-corrected chi connectivity index (χ1v) is 5.97. The topological polar surface area (TPSA) is 29.5 Å². The molecule has 0 aliphatic carbocycles.